The van der Waals surface area contributed by atoms with E-state index in [1.165, 1.54) is 19.0 Å². The van der Waals surface area contributed by atoms with Crippen LogP contribution in [0, 0.1) is 0 Å². The molecule has 0 atom stereocenters. The number of tetrazole rings is 1. The molecule has 1 aliphatic carbocycles. The van der Waals surface area contributed by atoms with E-state index in [-0.39, 0.29) is 6.61 Å². The van der Waals surface area contributed by atoms with E-state index in [1.807, 2.05) is 6.92 Å². The highest BCUT2D eigenvalue weighted by molar-refractivity contribution is 5.89. The second-order valence-corrected chi connectivity index (χ2v) is 5.25. The standard InChI is InChI=1S/C14H18N6O2/c1-2-7-20-13(17-18-19-20)9-22-14(21)10-3-6-12(15-8-10)16-11-4-5-11/h3,6,8,11H,2,4-5,7,9H2,1H3,(H,15,16). The lowest BCUT2D eigenvalue weighted by Gasteiger charge is -2.06. The minimum Gasteiger partial charge on any atom is -0.454 e. The summed E-state index contributed by atoms with van der Waals surface area (Å²) in [5.74, 6) is 0.887. The van der Waals surface area contributed by atoms with Gasteiger partial charge in [0.2, 0.25) is 0 Å². The van der Waals surface area contributed by atoms with Crippen LogP contribution in [-0.2, 0) is 17.9 Å². The van der Waals surface area contributed by atoms with Crippen LogP contribution in [-0.4, -0.2) is 37.2 Å². The summed E-state index contributed by atoms with van der Waals surface area (Å²) in [6.07, 6.45) is 4.78. The molecule has 0 saturated heterocycles. The Morgan fingerprint density at radius 3 is 3.00 bits per heavy atom. The number of pyridine rings is 1. The molecule has 0 radical (unpaired) electrons. The van der Waals surface area contributed by atoms with Crippen molar-refractivity contribution in [3.63, 3.8) is 0 Å². The second-order valence-electron chi connectivity index (χ2n) is 5.25. The molecule has 0 aromatic carbocycles. The predicted octanol–water partition coefficient (Wildman–Crippen LogP) is 1.41. The number of carbonyl (C=O) groups is 1. The summed E-state index contributed by atoms with van der Waals surface area (Å²) in [4.78, 5) is 16.2. The average molecular weight is 302 g/mol. The van der Waals surface area contributed by atoms with Crippen molar-refractivity contribution in [3.8, 4) is 0 Å². The largest absolute Gasteiger partial charge is 0.454 e. The third-order valence-electron chi connectivity index (χ3n) is 3.30. The Morgan fingerprint density at radius 1 is 1.45 bits per heavy atom. The molecule has 1 saturated carbocycles. The van der Waals surface area contributed by atoms with Crippen LogP contribution >= 0.6 is 0 Å². The van der Waals surface area contributed by atoms with Gasteiger partial charge in [-0.05, 0) is 41.8 Å². The summed E-state index contributed by atoms with van der Waals surface area (Å²) in [5, 5.41) is 14.6. The number of nitrogens with zero attached hydrogens (tertiary/aromatic N) is 5. The molecule has 116 valence electrons. The molecule has 0 unspecified atom stereocenters. The summed E-state index contributed by atoms with van der Waals surface area (Å²) < 4.78 is 6.86. The van der Waals surface area contributed by atoms with Crippen molar-refractivity contribution >= 4 is 11.8 Å². The molecule has 2 aromatic rings. The number of rotatable bonds is 7. The van der Waals surface area contributed by atoms with Crippen LogP contribution in [0.2, 0.25) is 0 Å². The summed E-state index contributed by atoms with van der Waals surface area (Å²) in [6, 6.07) is 4.02. The number of carbonyl (C=O) groups excluding carboxylic acids is 1. The van der Waals surface area contributed by atoms with Gasteiger partial charge in [0, 0.05) is 18.8 Å². The molecule has 22 heavy (non-hydrogen) atoms. The van der Waals surface area contributed by atoms with Gasteiger partial charge in [-0.1, -0.05) is 6.92 Å². The van der Waals surface area contributed by atoms with Crippen LogP contribution in [0.1, 0.15) is 42.4 Å². The molecule has 1 aliphatic rings. The van der Waals surface area contributed by atoms with Crippen molar-refractivity contribution in [1.82, 2.24) is 25.2 Å². The average Bonchev–Trinajstić information content (AvgIpc) is 3.23. The summed E-state index contributed by atoms with van der Waals surface area (Å²) in [7, 11) is 0. The first-order valence-corrected chi connectivity index (χ1v) is 7.41. The van der Waals surface area contributed by atoms with Gasteiger partial charge >= 0.3 is 5.97 Å². The third kappa shape index (κ3) is 3.57. The summed E-state index contributed by atoms with van der Waals surface area (Å²) >= 11 is 0. The van der Waals surface area contributed by atoms with Crippen LogP contribution < -0.4 is 5.32 Å². The van der Waals surface area contributed by atoms with E-state index < -0.39 is 5.97 Å². The smallest absolute Gasteiger partial charge is 0.340 e. The maximum Gasteiger partial charge on any atom is 0.340 e. The van der Waals surface area contributed by atoms with Crippen LogP contribution in [0.4, 0.5) is 5.82 Å². The Kier molecular flexibility index (Phi) is 4.27. The monoisotopic (exact) mass is 302 g/mol. The molecule has 0 spiro atoms. The number of hydrogen-bond donors (Lipinski definition) is 1. The van der Waals surface area contributed by atoms with Gasteiger partial charge in [0.15, 0.2) is 12.4 Å². The lowest BCUT2D eigenvalue weighted by atomic mass is 10.3. The number of anilines is 1. The fourth-order valence-corrected chi connectivity index (χ4v) is 1.96. The molecule has 0 bridgehead atoms. The topological polar surface area (TPSA) is 94.8 Å². The lowest BCUT2D eigenvalue weighted by molar-refractivity contribution is 0.0456. The fourth-order valence-electron chi connectivity index (χ4n) is 1.96. The van der Waals surface area contributed by atoms with Crippen LogP contribution in [0.3, 0.4) is 0 Å². The first-order valence-electron chi connectivity index (χ1n) is 7.41. The van der Waals surface area contributed by atoms with Crippen molar-refractivity contribution in [1.29, 1.82) is 0 Å². The second kappa shape index (κ2) is 6.50. The van der Waals surface area contributed by atoms with Crippen molar-refractivity contribution < 1.29 is 9.53 Å². The van der Waals surface area contributed by atoms with E-state index in [1.54, 1.807) is 16.8 Å². The highest BCUT2D eigenvalue weighted by atomic mass is 16.5. The highest BCUT2D eigenvalue weighted by Gasteiger charge is 2.21. The zero-order chi connectivity index (χ0) is 15.4. The molecule has 2 heterocycles. The predicted molar refractivity (Wildman–Crippen MR) is 78.1 cm³/mol. The van der Waals surface area contributed by atoms with Gasteiger partial charge in [-0.2, -0.15) is 0 Å². The number of ether oxygens (including phenoxy) is 1. The first-order chi connectivity index (χ1) is 10.8. The van der Waals surface area contributed by atoms with Gasteiger partial charge in [-0.15, -0.1) is 5.10 Å². The lowest BCUT2D eigenvalue weighted by Crippen LogP contribution is -2.11. The van der Waals surface area contributed by atoms with Gasteiger partial charge in [0.1, 0.15) is 5.82 Å². The van der Waals surface area contributed by atoms with Crippen LogP contribution in [0.25, 0.3) is 0 Å². The number of esters is 1. The Balaban J connectivity index is 1.55. The van der Waals surface area contributed by atoms with Gasteiger partial charge < -0.3 is 10.1 Å². The van der Waals surface area contributed by atoms with E-state index in [0.29, 0.717) is 24.0 Å². The van der Waals surface area contributed by atoms with Crippen LogP contribution in [0.15, 0.2) is 18.3 Å². The van der Waals surface area contributed by atoms with E-state index in [2.05, 4.69) is 25.8 Å². The fraction of sp³-hybridized carbons (Fsp3) is 0.500. The Labute approximate surface area is 127 Å². The van der Waals surface area contributed by atoms with Gasteiger partial charge in [-0.25, -0.2) is 14.5 Å². The van der Waals surface area contributed by atoms with Gasteiger partial charge in [-0.3, -0.25) is 0 Å². The minimum atomic E-state index is -0.434. The Hall–Kier alpha value is -2.51. The summed E-state index contributed by atoms with van der Waals surface area (Å²) in [6.45, 7) is 2.78. The van der Waals surface area contributed by atoms with Crippen molar-refractivity contribution in [2.24, 2.45) is 0 Å². The number of aromatic nitrogens is 5. The van der Waals surface area contributed by atoms with E-state index in [0.717, 1.165) is 12.2 Å². The maximum absolute atomic E-state index is 12.0. The Morgan fingerprint density at radius 2 is 2.32 bits per heavy atom. The maximum atomic E-state index is 12.0. The minimum absolute atomic E-state index is 0.0495. The first kappa shape index (κ1) is 14.4. The molecule has 3 rings (SSSR count). The molecule has 1 N–H and O–H groups in total. The molecule has 8 nitrogen and oxygen atoms in total. The number of nitrogens with one attached hydrogen (secondary N) is 1. The zero-order valence-corrected chi connectivity index (χ0v) is 12.4. The van der Waals surface area contributed by atoms with Gasteiger partial charge in [0.25, 0.3) is 0 Å². The molecule has 1 fully saturated rings. The zero-order valence-electron chi connectivity index (χ0n) is 12.4. The van der Waals surface area contributed by atoms with Gasteiger partial charge in [0.05, 0.1) is 5.56 Å². The molecular formula is C14H18N6O2. The molecule has 0 aliphatic heterocycles. The van der Waals surface area contributed by atoms with Crippen molar-refractivity contribution in [2.45, 2.75) is 45.4 Å². The normalized spacial score (nSPS) is 13.9. The number of aryl methyl sites for hydroxylation is 1. The number of hydrogen-bond acceptors (Lipinski definition) is 7. The molecule has 8 heteroatoms. The molecule has 2 aromatic heterocycles. The van der Waals surface area contributed by atoms with E-state index in [9.17, 15) is 4.79 Å². The van der Waals surface area contributed by atoms with E-state index in [4.69, 9.17) is 4.74 Å². The van der Waals surface area contributed by atoms with Crippen molar-refractivity contribution in [3.05, 3.63) is 29.7 Å². The quantitative estimate of drug-likeness (QED) is 0.772. The SMILES string of the molecule is CCCn1nnnc1COC(=O)c1ccc(NC2CC2)nc1. The van der Waals surface area contributed by atoms with E-state index >= 15 is 0 Å². The van der Waals surface area contributed by atoms with Crippen LogP contribution in [0.5, 0.6) is 0 Å². The molecular weight excluding hydrogens is 284 g/mol. The highest BCUT2D eigenvalue weighted by Crippen LogP contribution is 2.23. The Bertz CT molecular complexity index is 635. The molecule has 0 amide bonds. The summed E-state index contributed by atoms with van der Waals surface area (Å²) in [5.41, 5.74) is 0.413. The third-order valence-corrected chi connectivity index (χ3v) is 3.30. The van der Waals surface area contributed by atoms with Crippen molar-refractivity contribution in [2.75, 3.05) is 5.32 Å².